The number of hydrogen-bond donors (Lipinski definition) is 3. The van der Waals surface area contributed by atoms with Gasteiger partial charge in [-0.05, 0) is 34.5 Å². The number of sulfonamides is 1. The van der Waals surface area contributed by atoms with Crippen LogP contribution in [-0.2, 0) is 10.0 Å². The molecule has 0 aliphatic rings. The topological polar surface area (TPSA) is 104 Å². The fraction of sp³-hybridized carbons (Fsp3) is 0.364. The highest BCUT2D eigenvalue weighted by molar-refractivity contribution is 9.10. The van der Waals surface area contributed by atoms with Gasteiger partial charge in [0.1, 0.15) is 0 Å². The first-order chi connectivity index (χ1) is 9.19. The molecule has 6 nitrogen and oxygen atoms in total. The van der Waals surface area contributed by atoms with E-state index in [4.69, 9.17) is 16.7 Å². The van der Waals surface area contributed by atoms with E-state index in [1.54, 1.807) is 6.92 Å². The Hall–Kier alpha value is -0.670. The second-order valence-corrected chi connectivity index (χ2v) is 6.99. The first-order valence-electron chi connectivity index (χ1n) is 5.59. The van der Waals surface area contributed by atoms with Gasteiger partial charge in [0.15, 0.2) is 0 Å². The lowest BCUT2D eigenvalue weighted by Gasteiger charge is -2.12. The first kappa shape index (κ1) is 17.4. The van der Waals surface area contributed by atoms with Crippen LogP contribution >= 0.6 is 27.5 Å². The monoisotopic (exact) mass is 385 g/mol. The quantitative estimate of drug-likeness (QED) is 0.692. The van der Waals surface area contributed by atoms with Gasteiger partial charge >= 0.3 is 5.97 Å². The van der Waals surface area contributed by atoms with Gasteiger partial charge in [-0.15, -0.1) is 0 Å². The van der Waals surface area contributed by atoms with E-state index >= 15 is 0 Å². The maximum Gasteiger partial charge on any atom is 0.337 e. The van der Waals surface area contributed by atoms with E-state index in [9.17, 15) is 18.3 Å². The standard InChI is InChI=1S/C11H13BrClNO5S/c1-2-6(15)5-14-20(18,19)7-3-8(11(16)17)10(13)9(12)4-7/h3-4,6,14-15H,2,5H2,1H3,(H,16,17). The summed E-state index contributed by atoms with van der Waals surface area (Å²) >= 11 is 8.79. The highest BCUT2D eigenvalue weighted by atomic mass is 79.9. The van der Waals surface area contributed by atoms with Crippen LogP contribution in [0.1, 0.15) is 23.7 Å². The minimum atomic E-state index is -3.92. The molecule has 1 atom stereocenters. The molecule has 0 radical (unpaired) electrons. The maximum absolute atomic E-state index is 12.0. The molecule has 9 heteroatoms. The summed E-state index contributed by atoms with van der Waals surface area (Å²) < 4.78 is 26.4. The molecular weight excluding hydrogens is 374 g/mol. The molecule has 1 rings (SSSR count). The number of carbonyl (C=O) groups is 1. The normalized spacial score (nSPS) is 13.2. The Bertz CT molecular complexity index is 619. The van der Waals surface area contributed by atoms with Gasteiger partial charge in [-0.3, -0.25) is 0 Å². The van der Waals surface area contributed by atoms with Gasteiger partial charge in [-0.2, -0.15) is 0 Å². The Morgan fingerprint density at radius 2 is 2.10 bits per heavy atom. The molecule has 0 saturated carbocycles. The van der Waals surface area contributed by atoms with Crippen LogP contribution in [-0.4, -0.2) is 37.2 Å². The van der Waals surface area contributed by atoms with Crippen LogP contribution in [0.2, 0.25) is 5.02 Å². The van der Waals surface area contributed by atoms with Gasteiger partial charge in [0.25, 0.3) is 0 Å². The van der Waals surface area contributed by atoms with Gasteiger partial charge in [0, 0.05) is 11.0 Å². The van der Waals surface area contributed by atoms with E-state index in [0.29, 0.717) is 6.42 Å². The lowest BCUT2D eigenvalue weighted by Crippen LogP contribution is -2.31. The number of nitrogens with one attached hydrogen (secondary N) is 1. The average Bonchev–Trinajstić information content (AvgIpc) is 2.38. The van der Waals surface area contributed by atoms with Crippen molar-refractivity contribution >= 4 is 43.5 Å². The number of aliphatic hydroxyl groups is 1. The number of aromatic carboxylic acids is 1. The summed E-state index contributed by atoms with van der Waals surface area (Å²) in [4.78, 5) is 10.8. The minimum absolute atomic E-state index is 0.0787. The maximum atomic E-state index is 12.0. The zero-order valence-corrected chi connectivity index (χ0v) is 13.6. The van der Waals surface area contributed by atoms with Crippen LogP contribution in [0, 0.1) is 0 Å². The zero-order valence-electron chi connectivity index (χ0n) is 10.4. The predicted molar refractivity (Wildman–Crippen MR) is 77.6 cm³/mol. The molecule has 3 N–H and O–H groups in total. The third-order valence-corrected chi connectivity index (χ3v) is 5.19. The Morgan fingerprint density at radius 1 is 1.50 bits per heavy atom. The molecule has 0 spiro atoms. The summed E-state index contributed by atoms with van der Waals surface area (Å²) in [6.07, 6.45) is -0.410. The number of carboxylic acid groups (broad SMARTS) is 1. The van der Waals surface area contributed by atoms with Gasteiger partial charge in [0.2, 0.25) is 10.0 Å². The molecule has 112 valence electrons. The first-order valence-corrected chi connectivity index (χ1v) is 8.24. The Morgan fingerprint density at radius 3 is 2.60 bits per heavy atom. The molecule has 1 unspecified atom stereocenters. The fourth-order valence-electron chi connectivity index (χ4n) is 1.31. The van der Waals surface area contributed by atoms with Crippen molar-refractivity contribution < 1.29 is 23.4 Å². The molecule has 0 fully saturated rings. The molecule has 0 saturated heterocycles. The van der Waals surface area contributed by atoms with E-state index in [-0.39, 0.29) is 26.5 Å². The summed E-state index contributed by atoms with van der Waals surface area (Å²) in [5, 5.41) is 18.3. The third-order valence-electron chi connectivity index (χ3n) is 2.52. The van der Waals surface area contributed by atoms with Gasteiger partial charge < -0.3 is 10.2 Å². The molecule has 0 amide bonds. The number of carboxylic acids is 1. The van der Waals surface area contributed by atoms with Crippen LogP contribution in [0.15, 0.2) is 21.5 Å². The summed E-state index contributed by atoms with van der Waals surface area (Å²) in [6.45, 7) is 1.56. The summed E-state index contributed by atoms with van der Waals surface area (Å²) in [5.41, 5.74) is -0.322. The van der Waals surface area contributed by atoms with Gasteiger partial charge in [0.05, 0.1) is 21.6 Å². The zero-order chi connectivity index (χ0) is 15.5. The highest BCUT2D eigenvalue weighted by Gasteiger charge is 2.21. The molecule has 0 bridgehead atoms. The van der Waals surface area contributed by atoms with Gasteiger partial charge in [-0.25, -0.2) is 17.9 Å². The van der Waals surface area contributed by atoms with Crippen molar-refractivity contribution in [3.63, 3.8) is 0 Å². The second-order valence-electron chi connectivity index (χ2n) is 3.99. The third kappa shape index (κ3) is 4.16. The van der Waals surface area contributed by atoms with E-state index in [1.165, 1.54) is 6.07 Å². The van der Waals surface area contributed by atoms with Crippen molar-refractivity contribution in [2.45, 2.75) is 24.3 Å². The summed E-state index contributed by atoms with van der Waals surface area (Å²) in [6, 6.07) is 2.17. The van der Waals surface area contributed by atoms with Crippen molar-refractivity contribution in [2.24, 2.45) is 0 Å². The van der Waals surface area contributed by atoms with E-state index < -0.39 is 22.1 Å². The van der Waals surface area contributed by atoms with Crippen molar-refractivity contribution in [3.8, 4) is 0 Å². The van der Waals surface area contributed by atoms with Crippen molar-refractivity contribution in [1.29, 1.82) is 0 Å². The number of benzene rings is 1. The molecule has 1 aromatic rings. The van der Waals surface area contributed by atoms with Crippen LogP contribution in [0.3, 0.4) is 0 Å². The number of aliphatic hydroxyl groups excluding tert-OH is 1. The lowest BCUT2D eigenvalue weighted by atomic mass is 10.2. The molecule has 0 aliphatic carbocycles. The molecule has 20 heavy (non-hydrogen) atoms. The van der Waals surface area contributed by atoms with Crippen LogP contribution in [0.4, 0.5) is 0 Å². The van der Waals surface area contributed by atoms with Crippen molar-refractivity contribution in [3.05, 3.63) is 27.2 Å². The van der Waals surface area contributed by atoms with E-state index in [1.807, 2.05) is 0 Å². The smallest absolute Gasteiger partial charge is 0.337 e. The van der Waals surface area contributed by atoms with E-state index in [2.05, 4.69) is 20.7 Å². The lowest BCUT2D eigenvalue weighted by molar-refractivity contribution is 0.0696. The minimum Gasteiger partial charge on any atom is -0.478 e. The largest absolute Gasteiger partial charge is 0.478 e. The molecule has 1 aromatic carbocycles. The molecule has 0 aliphatic heterocycles. The molecule has 0 aromatic heterocycles. The number of hydrogen-bond acceptors (Lipinski definition) is 4. The Kier molecular flexibility index (Phi) is 5.96. The highest BCUT2D eigenvalue weighted by Crippen LogP contribution is 2.29. The van der Waals surface area contributed by atoms with Crippen LogP contribution < -0.4 is 4.72 Å². The summed E-state index contributed by atoms with van der Waals surface area (Å²) in [5.74, 6) is -1.33. The Balaban J connectivity index is 3.16. The van der Waals surface area contributed by atoms with Crippen molar-refractivity contribution in [1.82, 2.24) is 4.72 Å². The van der Waals surface area contributed by atoms with E-state index in [0.717, 1.165) is 6.07 Å². The predicted octanol–water partition coefficient (Wildman–Crippen LogP) is 1.85. The number of halogens is 2. The van der Waals surface area contributed by atoms with Crippen LogP contribution in [0.5, 0.6) is 0 Å². The molecular formula is C11H13BrClNO5S. The fourth-order valence-corrected chi connectivity index (χ4v) is 3.23. The second kappa shape index (κ2) is 6.86. The van der Waals surface area contributed by atoms with Crippen LogP contribution in [0.25, 0.3) is 0 Å². The number of rotatable bonds is 6. The van der Waals surface area contributed by atoms with Crippen molar-refractivity contribution in [2.75, 3.05) is 6.54 Å². The average molecular weight is 387 g/mol. The Labute approximate surface area is 129 Å². The summed E-state index contributed by atoms with van der Waals surface area (Å²) in [7, 11) is -3.92. The molecule has 0 heterocycles. The van der Waals surface area contributed by atoms with Gasteiger partial charge in [-0.1, -0.05) is 18.5 Å². The SMILES string of the molecule is CCC(O)CNS(=O)(=O)c1cc(Br)c(Cl)c(C(=O)O)c1.